The Morgan fingerprint density at radius 1 is 1.29 bits per heavy atom. The molecule has 0 radical (unpaired) electrons. The third-order valence-corrected chi connectivity index (χ3v) is 5.38. The van der Waals surface area contributed by atoms with Gasteiger partial charge in [0.05, 0.1) is 18.1 Å². The summed E-state index contributed by atoms with van der Waals surface area (Å²) >= 11 is 0. The third-order valence-electron chi connectivity index (χ3n) is 5.38. The number of aromatic nitrogens is 2. The minimum Gasteiger partial charge on any atom is -0.493 e. The monoisotopic (exact) mass is 421 g/mol. The van der Waals surface area contributed by atoms with Gasteiger partial charge in [0.25, 0.3) is 5.56 Å². The highest BCUT2D eigenvalue weighted by Crippen LogP contribution is 2.48. The van der Waals surface area contributed by atoms with Crippen LogP contribution in [-0.2, 0) is 4.79 Å². The first kappa shape index (κ1) is 20.4. The number of aromatic amines is 1. The third kappa shape index (κ3) is 3.95. The van der Waals surface area contributed by atoms with Crippen LogP contribution in [0.15, 0.2) is 47.3 Å². The standard InChI is InChI=1S/C22H23N5O4/c1-2-31-17-9-12(11-4-3-5-13(8-11)15-10-16(15)22(29)30)6-7-14(17)19-25-20(27-24)18(23)21(28)26-19/h3-9,15-16H,2,10,23-24H2,1H3,(H,29,30)(H2,25,26,27,28)/t15-,16+/m1/s1. The summed E-state index contributed by atoms with van der Waals surface area (Å²) in [7, 11) is 0. The number of rotatable bonds is 7. The number of ether oxygens (including phenoxy) is 1. The Morgan fingerprint density at radius 2 is 2.06 bits per heavy atom. The molecular weight excluding hydrogens is 398 g/mol. The van der Waals surface area contributed by atoms with Crippen LogP contribution in [0.4, 0.5) is 11.5 Å². The first-order valence-electron chi connectivity index (χ1n) is 9.89. The summed E-state index contributed by atoms with van der Waals surface area (Å²) in [5, 5.41) is 9.21. The molecule has 1 aromatic heterocycles. The van der Waals surface area contributed by atoms with Crippen molar-refractivity contribution in [1.82, 2.24) is 9.97 Å². The smallest absolute Gasteiger partial charge is 0.307 e. The number of hydrogen-bond donors (Lipinski definition) is 5. The van der Waals surface area contributed by atoms with Crippen molar-refractivity contribution >= 4 is 17.5 Å². The molecule has 9 heteroatoms. The Morgan fingerprint density at radius 3 is 2.74 bits per heavy atom. The summed E-state index contributed by atoms with van der Waals surface area (Å²) < 4.78 is 5.81. The van der Waals surface area contributed by atoms with Gasteiger partial charge in [0.1, 0.15) is 17.3 Å². The summed E-state index contributed by atoms with van der Waals surface area (Å²) in [6.07, 6.45) is 0.662. The van der Waals surface area contributed by atoms with E-state index in [0.29, 0.717) is 24.3 Å². The van der Waals surface area contributed by atoms with Crippen LogP contribution >= 0.6 is 0 Å². The van der Waals surface area contributed by atoms with Gasteiger partial charge in [0.15, 0.2) is 5.82 Å². The van der Waals surface area contributed by atoms with Gasteiger partial charge >= 0.3 is 5.97 Å². The van der Waals surface area contributed by atoms with Crippen LogP contribution in [0.1, 0.15) is 24.8 Å². The Hall–Kier alpha value is -3.85. The second-order valence-corrected chi connectivity index (χ2v) is 7.38. The predicted molar refractivity (Wildman–Crippen MR) is 118 cm³/mol. The lowest BCUT2D eigenvalue weighted by molar-refractivity contribution is -0.138. The minimum atomic E-state index is -0.755. The molecule has 0 spiro atoms. The molecule has 0 saturated heterocycles. The van der Waals surface area contributed by atoms with E-state index in [-0.39, 0.29) is 29.2 Å². The molecule has 4 rings (SSSR count). The summed E-state index contributed by atoms with van der Waals surface area (Å²) in [6.45, 7) is 2.28. The van der Waals surface area contributed by atoms with Crippen molar-refractivity contribution in [3.05, 3.63) is 58.4 Å². The summed E-state index contributed by atoms with van der Waals surface area (Å²) in [4.78, 5) is 30.3. The van der Waals surface area contributed by atoms with E-state index >= 15 is 0 Å². The maximum atomic E-state index is 12.1. The van der Waals surface area contributed by atoms with E-state index in [1.165, 1.54) is 0 Å². The molecule has 7 N–H and O–H groups in total. The SMILES string of the molecule is CCOc1cc(-c2cccc([C@H]3C[C@@H]3C(=O)O)c2)ccc1-c1nc(NN)c(N)c(=O)[nH]1. The molecule has 1 heterocycles. The van der Waals surface area contributed by atoms with E-state index < -0.39 is 11.5 Å². The lowest BCUT2D eigenvalue weighted by Gasteiger charge is -2.14. The summed E-state index contributed by atoms with van der Waals surface area (Å²) in [5.41, 5.74) is 10.9. The molecule has 9 nitrogen and oxygen atoms in total. The fourth-order valence-corrected chi connectivity index (χ4v) is 3.68. The average molecular weight is 421 g/mol. The Kier molecular flexibility index (Phi) is 5.35. The number of carbonyl (C=O) groups is 1. The van der Waals surface area contributed by atoms with E-state index in [4.69, 9.17) is 16.3 Å². The van der Waals surface area contributed by atoms with Crippen molar-refractivity contribution in [1.29, 1.82) is 0 Å². The molecule has 1 aliphatic carbocycles. The zero-order valence-electron chi connectivity index (χ0n) is 16.9. The zero-order chi connectivity index (χ0) is 22.1. The van der Waals surface area contributed by atoms with Crippen LogP contribution in [-0.4, -0.2) is 27.7 Å². The number of nitrogen functional groups attached to an aromatic ring is 2. The molecule has 0 unspecified atom stereocenters. The minimum absolute atomic E-state index is 0.0503. The van der Waals surface area contributed by atoms with Crippen LogP contribution in [0.5, 0.6) is 5.75 Å². The number of anilines is 2. The lowest BCUT2D eigenvalue weighted by atomic mass is 9.98. The van der Waals surface area contributed by atoms with Gasteiger partial charge in [-0.15, -0.1) is 0 Å². The number of nitrogens with two attached hydrogens (primary N) is 2. The maximum absolute atomic E-state index is 12.1. The van der Waals surface area contributed by atoms with Crippen molar-refractivity contribution in [2.75, 3.05) is 17.8 Å². The highest BCUT2D eigenvalue weighted by atomic mass is 16.5. The van der Waals surface area contributed by atoms with E-state index in [9.17, 15) is 14.7 Å². The van der Waals surface area contributed by atoms with E-state index in [1.807, 2.05) is 43.3 Å². The average Bonchev–Trinajstić information content (AvgIpc) is 3.57. The van der Waals surface area contributed by atoms with Crippen molar-refractivity contribution in [3.63, 3.8) is 0 Å². The Bertz CT molecular complexity index is 1210. The number of H-pyrrole nitrogens is 1. The molecule has 0 bridgehead atoms. The molecule has 0 amide bonds. The second kappa shape index (κ2) is 8.11. The normalized spacial score (nSPS) is 17.2. The first-order valence-corrected chi connectivity index (χ1v) is 9.89. The fourth-order valence-electron chi connectivity index (χ4n) is 3.68. The van der Waals surface area contributed by atoms with Crippen molar-refractivity contribution < 1.29 is 14.6 Å². The number of nitrogens with one attached hydrogen (secondary N) is 2. The molecule has 0 aliphatic heterocycles. The molecule has 1 aliphatic rings. The van der Waals surface area contributed by atoms with Crippen LogP contribution in [0.2, 0.25) is 0 Å². The van der Waals surface area contributed by atoms with Gasteiger partial charge in [0, 0.05) is 0 Å². The summed E-state index contributed by atoms with van der Waals surface area (Å²) in [5.74, 6) is 5.30. The van der Waals surface area contributed by atoms with Gasteiger partial charge in [-0.3, -0.25) is 9.59 Å². The van der Waals surface area contributed by atoms with Gasteiger partial charge in [-0.2, -0.15) is 0 Å². The molecular formula is C22H23N5O4. The molecule has 1 saturated carbocycles. The number of hydrazine groups is 1. The van der Waals surface area contributed by atoms with Gasteiger partial charge in [-0.05, 0) is 48.1 Å². The highest BCUT2D eigenvalue weighted by molar-refractivity contribution is 5.77. The van der Waals surface area contributed by atoms with E-state index in [1.54, 1.807) is 6.07 Å². The van der Waals surface area contributed by atoms with Crippen LogP contribution in [0.3, 0.4) is 0 Å². The number of carboxylic acid groups (broad SMARTS) is 1. The van der Waals surface area contributed by atoms with Crippen molar-refractivity contribution in [3.8, 4) is 28.3 Å². The number of carboxylic acids is 1. The Labute approximate surface area is 178 Å². The molecule has 2 atom stereocenters. The van der Waals surface area contributed by atoms with Crippen LogP contribution in [0, 0.1) is 5.92 Å². The number of nitrogens with zero attached hydrogens (tertiary/aromatic N) is 1. The van der Waals surface area contributed by atoms with Gasteiger partial charge < -0.3 is 26.0 Å². The lowest BCUT2D eigenvalue weighted by Crippen LogP contribution is -2.20. The zero-order valence-corrected chi connectivity index (χ0v) is 16.9. The molecule has 2 aromatic carbocycles. The van der Waals surface area contributed by atoms with Gasteiger partial charge in [0.2, 0.25) is 0 Å². The molecule has 3 aromatic rings. The molecule has 160 valence electrons. The number of benzene rings is 2. The van der Waals surface area contributed by atoms with Crippen molar-refractivity contribution in [2.45, 2.75) is 19.3 Å². The largest absolute Gasteiger partial charge is 0.493 e. The van der Waals surface area contributed by atoms with Gasteiger partial charge in [-0.25, -0.2) is 10.8 Å². The Balaban J connectivity index is 1.73. The van der Waals surface area contributed by atoms with E-state index in [2.05, 4.69) is 15.4 Å². The number of aliphatic carboxylic acids is 1. The van der Waals surface area contributed by atoms with Gasteiger partial charge in [-0.1, -0.05) is 30.3 Å². The quantitative estimate of drug-likeness (QED) is 0.288. The first-order chi connectivity index (χ1) is 14.9. The maximum Gasteiger partial charge on any atom is 0.307 e. The molecule has 1 fully saturated rings. The van der Waals surface area contributed by atoms with Crippen LogP contribution < -0.4 is 27.3 Å². The fraction of sp³-hybridized carbons (Fsp3) is 0.227. The topological polar surface area (TPSA) is 156 Å². The molecule has 31 heavy (non-hydrogen) atoms. The highest BCUT2D eigenvalue weighted by Gasteiger charge is 2.44. The predicted octanol–water partition coefficient (Wildman–Crippen LogP) is 2.56. The van der Waals surface area contributed by atoms with Crippen LogP contribution in [0.25, 0.3) is 22.5 Å². The summed E-state index contributed by atoms with van der Waals surface area (Å²) in [6, 6.07) is 13.4. The second-order valence-electron chi connectivity index (χ2n) is 7.38. The van der Waals surface area contributed by atoms with Crippen molar-refractivity contribution in [2.24, 2.45) is 11.8 Å². The number of hydrogen-bond acceptors (Lipinski definition) is 7. The van der Waals surface area contributed by atoms with E-state index in [0.717, 1.165) is 16.7 Å².